The number of carbonyl (C=O) groups excluding carboxylic acids is 2. The molecule has 2 aliphatic carbocycles. The second kappa shape index (κ2) is 11.0. The fourth-order valence-corrected chi connectivity index (χ4v) is 6.76. The number of methoxy groups -OCH3 is 1. The predicted molar refractivity (Wildman–Crippen MR) is 159 cm³/mol. The number of Topliss-reactive ketones (excluding diaryl/α,β-unsaturated/α-hetero) is 2. The Morgan fingerprint density at radius 1 is 0.850 bits per heavy atom. The Kier molecular flexibility index (Phi) is 7.95. The van der Waals surface area contributed by atoms with E-state index in [1.54, 1.807) is 7.11 Å². The molecule has 212 valence electrons. The largest absolute Gasteiger partial charge is 0.487 e. The molecule has 0 bridgehead atoms. The molecule has 0 atom stereocenters. The summed E-state index contributed by atoms with van der Waals surface area (Å²) in [5.74, 6) is 0.302. The third kappa shape index (κ3) is 5.74. The van der Waals surface area contributed by atoms with Crippen molar-refractivity contribution < 1.29 is 19.1 Å². The fourth-order valence-electron chi connectivity index (χ4n) is 6.39. The van der Waals surface area contributed by atoms with Gasteiger partial charge < -0.3 is 14.4 Å². The second-order valence-electron chi connectivity index (χ2n) is 12.8. The van der Waals surface area contributed by atoms with E-state index < -0.39 is 5.92 Å². The zero-order valence-corrected chi connectivity index (χ0v) is 25.4. The van der Waals surface area contributed by atoms with Crippen LogP contribution in [0.25, 0.3) is 0 Å². The Morgan fingerprint density at radius 3 is 1.95 bits per heavy atom. The molecule has 2 aromatic rings. The zero-order chi connectivity index (χ0) is 28.8. The summed E-state index contributed by atoms with van der Waals surface area (Å²) >= 11 is 12.8. The van der Waals surface area contributed by atoms with Crippen LogP contribution in [0.4, 0.5) is 0 Å². The first-order chi connectivity index (χ1) is 18.9. The number of hydrogen-bond acceptors (Lipinski definition) is 5. The first-order valence-corrected chi connectivity index (χ1v) is 14.6. The summed E-state index contributed by atoms with van der Waals surface area (Å²) in [6.07, 6.45) is 2.41. The topological polar surface area (TPSA) is 55.8 Å². The van der Waals surface area contributed by atoms with Gasteiger partial charge in [-0.25, -0.2) is 0 Å². The molecule has 5 nitrogen and oxygen atoms in total. The van der Waals surface area contributed by atoms with Crippen molar-refractivity contribution in [3.63, 3.8) is 0 Å². The lowest BCUT2D eigenvalue weighted by molar-refractivity contribution is -0.119. The summed E-state index contributed by atoms with van der Waals surface area (Å²) in [6.45, 7) is 10.0. The van der Waals surface area contributed by atoms with Crippen molar-refractivity contribution in [2.45, 2.75) is 65.9 Å². The van der Waals surface area contributed by atoms with Gasteiger partial charge in [0, 0.05) is 60.0 Å². The molecular weight excluding hydrogens is 545 g/mol. The molecule has 0 saturated heterocycles. The van der Waals surface area contributed by atoms with Crippen LogP contribution in [-0.2, 0) is 20.9 Å². The first kappa shape index (κ1) is 28.9. The number of rotatable bonds is 7. The maximum atomic E-state index is 13.9. The van der Waals surface area contributed by atoms with Gasteiger partial charge in [-0.3, -0.25) is 9.59 Å². The van der Waals surface area contributed by atoms with E-state index in [0.29, 0.717) is 48.4 Å². The van der Waals surface area contributed by atoms with Crippen LogP contribution in [-0.4, -0.2) is 36.7 Å². The van der Waals surface area contributed by atoms with Crippen LogP contribution in [0.5, 0.6) is 5.75 Å². The van der Waals surface area contributed by atoms with E-state index in [1.807, 2.05) is 42.5 Å². The molecule has 3 aliphatic rings. The van der Waals surface area contributed by atoms with E-state index in [9.17, 15) is 9.59 Å². The molecule has 0 unspecified atom stereocenters. The normalized spacial score (nSPS) is 20.5. The minimum atomic E-state index is -0.446. The Labute approximate surface area is 247 Å². The smallest absolute Gasteiger partial charge is 0.162 e. The lowest BCUT2D eigenvalue weighted by atomic mass is 9.63. The SMILES string of the molecule is COCCN1C2=C(C(=O)CC(C)(C)C2)C(c2ccc(OCc3ccc(Cl)cc3)c(Cl)c2)C2=C1CC(C)(C)CC2=O. The molecule has 40 heavy (non-hydrogen) atoms. The monoisotopic (exact) mass is 581 g/mol. The van der Waals surface area contributed by atoms with Gasteiger partial charge in [-0.05, 0) is 59.1 Å². The molecule has 0 aromatic heterocycles. The summed E-state index contributed by atoms with van der Waals surface area (Å²) in [4.78, 5) is 30.0. The summed E-state index contributed by atoms with van der Waals surface area (Å²) < 4.78 is 11.5. The minimum Gasteiger partial charge on any atom is -0.487 e. The number of nitrogens with zero attached hydrogens (tertiary/aromatic N) is 1. The van der Waals surface area contributed by atoms with Crippen LogP contribution in [0.3, 0.4) is 0 Å². The second-order valence-corrected chi connectivity index (χ2v) is 13.6. The Hall–Kier alpha value is -2.60. The standard InChI is InChI=1S/C33H37Cl2NO4/c1-32(2)15-24-30(26(37)17-32)29(31-25(36(24)12-13-39-5)16-33(3,4)18-27(31)38)21-8-11-28(23(35)14-21)40-19-20-6-9-22(34)10-7-20/h6-11,14,29H,12-13,15-19H2,1-5H3. The summed E-state index contributed by atoms with van der Waals surface area (Å²) in [7, 11) is 1.68. The van der Waals surface area contributed by atoms with E-state index in [4.69, 9.17) is 32.7 Å². The van der Waals surface area contributed by atoms with E-state index in [1.165, 1.54) is 0 Å². The predicted octanol–water partition coefficient (Wildman–Crippen LogP) is 7.90. The maximum absolute atomic E-state index is 13.9. The molecule has 5 rings (SSSR count). The van der Waals surface area contributed by atoms with Crippen LogP contribution in [0, 0.1) is 10.8 Å². The van der Waals surface area contributed by atoms with Gasteiger partial charge in [0.15, 0.2) is 11.6 Å². The number of allylic oxidation sites excluding steroid dienone is 4. The van der Waals surface area contributed by atoms with Gasteiger partial charge in [0.1, 0.15) is 12.4 Å². The quantitative estimate of drug-likeness (QED) is 0.332. The van der Waals surface area contributed by atoms with Gasteiger partial charge in [-0.15, -0.1) is 0 Å². The van der Waals surface area contributed by atoms with Crippen molar-refractivity contribution in [1.29, 1.82) is 0 Å². The van der Waals surface area contributed by atoms with E-state index >= 15 is 0 Å². The molecule has 0 N–H and O–H groups in total. The highest BCUT2D eigenvalue weighted by Crippen LogP contribution is 2.54. The highest BCUT2D eigenvalue weighted by atomic mass is 35.5. The molecule has 0 radical (unpaired) electrons. The van der Waals surface area contributed by atoms with Crippen LogP contribution in [0.1, 0.15) is 70.4 Å². The molecule has 1 aliphatic heterocycles. The van der Waals surface area contributed by atoms with Crippen LogP contribution < -0.4 is 4.74 Å². The van der Waals surface area contributed by atoms with Crippen molar-refractivity contribution in [2.75, 3.05) is 20.3 Å². The number of benzene rings is 2. The molecule has 0 spiro atoms. The number of ether oxygens (including phenoxy) is 2. The molecule has 1 heterocycles. The zero-order valence-electron chi connectivity index (χ0n) is 23.9. The van der Waals surface area contributed by atoms with E-state index in [2.05, 4.69) is 32.6 Å². The van der Waals surface area contributed by atoms with Crippen molar-refractivity contribution in [3.05, 3.63) is 86.2 Å². The van der Waals surface area contributed by atoms with E-state index in [-0.39, 0.29) is 22.4 Å². The Bertz CT molecular complexity index is 1350. The minimum absolute atomic E-state index is 0.0991. The van der Waals surface area contributed by atoms with Gasteiger partial charge >= 0.3 is 0 Å². The molecular formula is C33H37Cl2NO4. The molecule has 0 saturated carbocycles. The average molecular weight is 583 g/mol. The number of ketones is 2. The van der Waals surface area contributed by atoms with Gasteiger partial charge in [0.25, 0.3) is 0 Å². The van der Waals surface area contributed by atoms with Crippen molar-refractivity contribution in [2.24, 2.45) is 10.8 Å². The van der Waals surface area contributed by atoms with Crippen molar-refractivity contribution in [3.8, 4) is 5.75 Å². The number of hydrogen-bond donors (Lipinski definition) is 0. The van der Waals surface area contributed by atoms with Gasteiger partial charge in [-0.1, -0.05) is 69.1 Å². The fraction of sp³-hybridized carbons (Fsp3) is 0.455. The third-order valence-electron chi connectivity index (χ3n) is 8.14. The Morgan fingerprint density at radius 2 is 1.43 bits per heavy atom. The highest BCUT2D eigenvalue weighted by Gasteiger charge is 2.48. The first-order valence-electron chi connectivity index (χ1n) is 13.8. The van der Waals surface area contributed by atoms with Crippen molar-refractivity contribution in [1.82, 2.24) is 4.90 Å². The third-order valence-corrected chi connectivity index (χ3v) is 8.69. The van der Waals surface area contributed by atoms with Gasteiger partial charge in [0.2, 0.25) is 0 Å². The maximum Gasteiger partial charge on any atom is 0.162 e. The molecule has 0 fully saturated rings. The van der Waals surface area contributed by atoms with Crippen molar-refractivity contribution >= 4 is 34.8 Å². The van der Waals surface area contributed by atoms with Crippen LogP contribution in [0.2, 0.25) is 10.0 Å². The molecule has 7 heteroatoms. The Balaban J connectivity index is 1.58. The number of halogens is 2. The van der Waals surface area contributed by atoms with Crippen LogP contribution >= 0.6 is 23.2 Å². The highest BCUT2D eigenvalue weighted by molar-refractivity contribution is 6.32. The molecule has 2 aromatic carbocycles. The summed E-state index contributed by atoms with van der Waals surface area (Å²) in [6, 6.07) is 13.1. The lowest BCUT2D eigenvalue weighted by Crippen LogP contribution is -2.45. The summed E-state index contributed by atoms with van der Waals surface area (Å²) in [5, 5.41) is 1.12. The van der Waals surface area contributed by atoms with Gasteiger partial charge in [0.05, 0.1) is 11.6 Å². The lowest BCUT2D eigenvalue weighted by Gasteiger charge is -2.49. The number of carbonyl (C=O) groups is 2. The van der Waals surface area contributed by atoms with Gasteiger partial charge in [-0.2, -0.15) is 0 Å². The molecule has 0 amide bonds. The van der Waals surface area contributed by atoms with Crippen LogP contribution in [0.15, 0.2) is 65.0 Å². The van der Waals surface area contributed by atoms with E-state index in [0.717, 1.165) is 46.5 Å². The summed E-state index contributed by atoms with van der Waals surface area (Å²) in [5.41, 5.74) is 4.98. The average Bonchev–Trinajstić information content (AvgIpc) is 2.86.